The average Bonchev–Trinajstić information content (AvgIpc) is 1.82. The van der Waals surface area contributed by atoms with Gasteiger partial charge in [0.2, 0.25) is 5.91 Å². The molecule has 4 N–H and O–H groups in total. The third kappa shape index (κ3) is 5.56. The average molecular weight is 144 g/mol. The maximum absolute atomic E-state index is 10.3. The molecule has 0 rings (SSSR count). The molecule has 0 saturated carbocycles. The Labute approximate surface area is 61.8 Å². The predicted molar refractivity (Wildman–Crippen MR) is 41.3 cm³/mol. The number of carbonyl (C=O) groups is 1. The zero-order valence-electron chi connectivity index (χ0n) is 6.47. The van der Waals surface area contributed by atoms with E-state index in [-0.39, 0.29) is 11.9 Å². The summed E-state index contributed by atoms with van der Waals surface area (Å²) in [5, 5.41) is 0. The highest BCUT2D eigenvalue weighted by molar-refractivity contribution is 5.74. The van der Waals surface area contributed by atoms with Crippen LogP contribution in [-0.4, -0.2) is 11.9 Å². The van der Waals surface area contributed by atoms with Crippen LogP contribution in [-0.2, 0) is 4.79 Å². The Hall–Kier alpha value is -0.570. The van der Waals surface area contributed by atoms with Crippen LogP contribution in [0.2, 0.25) is 0 Å². The van der Waals surface area contributed by atoms with E-state index in [2.05, 4.69) is 6.92 Å². The molecule has 0 aliphatic heterocycles. The Bertz CT molecular complexity index is 104. The normalized spacial score (nSPS) is 13.0. The number of unbranched alkanes of at least 4 members (excludes halogenated alkanes) is 1. The first kappa shape index (κ1) is 9.43. The Kier molecular flexibility index (Phi) is 4.94. The topological polar surface area (TPSA) is 69.1 Å². The lowest BCUT2D eigenvalue weighted by molar-refractivity contribution is -0.118. The van der Waals surface area contributed by atoms with Crippen molar-refractivity contribution in [1.82, 2.24) is 0 Å². The molecule has 0 aliphatic rings. The Morgan fingerprint density at radius 3 is 2.60 bits per heavy atom. The van der Waals surface area contributed by atoms with Crippen molar-refractivity contribution in [1.29, 1.82) is 0 Å². The lowest BCUT2D eigenvalue weighted by Gasteiger charge is -2.06. The molecule has 3 heteroatoms. The molecule has 0 aromatic carbocycles. The van der Waals surface area contributed by atoms with Gasteiger partial charge in [-0.15, -0.1) is 0 Å². The molecule has 0 unspecified atom stereocenters. The molecule has 60 valence electrons. The van der Waals surface area contributed by atoms with Gasteiger partial charge in [-0.05, 0) is 6.42 Å². The van der Waals surface area contributed by atoms with E-state index in [4.69, 9.17) is 11.5 Å². The Balaban J connectivity index is 3.25. The minimum atomic E-state index is -0.302. The van der Waals surface area contributed by atoms with Crippen molar-refractivity contribution < 1.29 is 4.79 Å². The molecule has 0 bridgehead atoms. The summed E-state index contributed by atoms with van der Waals surface area (Å²) in [6.07, 6.45) is 3.42. The van der Waals surface area contributed by atoms with Gasteiger partial charge in [-0.1, -0.05) is 19.8 Å². The minimum Gasteiger partial charge on any atom is -0.370 e. The van der Waals surface area contributed by atoms with Crippen LogP contribution in [0.15, 0.2) is 0 Å². The molecule has 0 saturated heterocycles. The molecule has 0 aliphatic carbocycles. The number of hydrogen-bond acceptors (Lipinski definition) is 2. The molecular formula is C7H16N2O. The van der Waals surface area contributed by atoms with E-state index in [1.54, 1.807) is 0 Å². The van der Waals surface area contributed by atoms with E-state index < -0.39 is 0 Å². The molecule has 0 spiro atoms. The summed E-state index contributed by atoms with van der Waals surface area (Å²) >= 11 is 0. The second-order valence-corrected chi connectivity index (χ2v) is 2.57. The van der Waals surface area contributed by atoms with Gasteiger partial charge in [0, 0.05) is 12.5 Å². The van der Waals surface area contributed by atoms with Gasteiger partial charge in [0.1, 0.15) is 0 Å². The van der Waals surface area contributed by atoms with Crippen LogP contribution >= 0.6 is 0 Å². The van der Waals surface area contributed by atoms with E-state index in [0.717, 1.165) is 19.3 Å². The van der Waals surface area contributed by atoms with Gasteiger partial charge in [0.25, 0.3) is 0 Å². The lowest BCUT2D eigenvalue weighted by Crippen LogP contribution is -2.27. The van der Waals surface area contributed by atoms with Crippen molar-refractivity contribution in [2.45, 2.75) is 38.6 Å². The van der Waals surface area contributed by atoms with Crippen molar-refractivity contribution in [2.75, 3.05) is 0 Å². The van der Waals surface area contributed by atoms with Crippen molar-refractivity contribution in [3.05, 3.63) is 0 Å². The molecule has 10 heavy (non-hydrogen) atoms. The van der Waals surface area contributed by atoms with Crippen molar-refractivity contribution in [2.24, 2.45) is 11.5 Å². The van der Waals surface area contributed by atoms with E-state index >= 15 is 0 Å². The first-order valence-electron chi connectivity index (χ1n) is 3.70. The molecule has 1 atom stereocenters. The summed E-state index contributed by atoms with van der Waals surface area (Å²) in [7, 11) is 0. The van der Waals surface area contributed by atoms with Crippen molar-refractivity contribution in [3.8, 4) is 0 Å². The molecule has 0 radical (unpaired) electrons. The van der Waals surface area contributed by atoms with Crippen LogP contribution in [0.4, 0.5) is 0 Å². The molecule has 1 amide bonds. The number of carbonyl (C=O) groups excluding carboxylic acids is 1. The zero-order chi connectivity index (χ0) is 7.98. The van der Waals surface area contributed by atoms with E-state index in [0.29, 0.717) is 6.42 Å². The summed E-state index contributed by atoms with van der Waals surface area (Å²) in [4.78, 5) is 10.3. The molecule has 0 heterocycles. The first-order chi connectivity index (χ1) is 4.66. The fourth-order valence-corrected chi connectivity index (χ4v) is 0.827. The fraction of sp³-hybridized carbons (Fsp3) is 0.857. The maximum atomic E-state index is 10.3. The Morgan fingerprint density at radius 2 is 2.20 bits per heavy atom. The second kappa shape index (κ2) is 5.23. The van der Waals surface area contributed by atoms with Gasteiger partial charge in [-0.25, -0.2) is 0 Å². The van der Waals surface area contributed by atoms with E-state index in [9.17, 15) is 4.79 Å². The monoisotopic (exact) mass is 144 g/mol. The second-order valence-electron chi connectivity index (χ2n) is 2.57. The van der Waals surface area contributed by atoms with E-state index in [1.165, 1.54) is 0 Å². The SMILES string of the molecule is CCCC[C@H](N)CC(N)=O. The number of rotatable bonds is 5. The quantitative estimate of drug-likeness (QED) is 0.585. The van der Waals surface area contributed by atoms with Crippen molar-refractivity contribution in [3.63, 3.8) is 0 Å². The van der Waals surface area contributed by atoms with Gasteiger partial charge >= 0.3 is 0 Å². The summed E-state index contributed by atoms with van der Waals surface area (Å²) < 4.78 is 0. The summed E-state index contributed by atoms with van der Waals surface area (Å²) in [5.74, 6) is -0.302. The van der Waals surface area contributed by atoms with Crippen LogP contribution in [0, 0.1) is 0 Å². The summed E-state index contributed by atoms with van der Waals surface area (Å²) in [6.45, 7) is 2.09. The highest BCUT2D eigenvalue weighted by atomic mass is 16.1. The molecule has 3 nitrogen and oxygen atoms in total. The van der Waals surface area contributed by atoms with Crippen LogP contribution < -0.4 is 11.5 Å². The van der Waals surface area contributed by atoms with Gasteiger partial charge in [0.05, 0.1) is 0 Å². The number of amides is 1. The van der Waals surface area contributed by atoms with Crippen LogP contribution in [0.3, 0.4) is 0 Å². The maximum Gasteiger partial charge on any atom is 0.218 e. The lowest BCUT2D eigenvalue weighted by atomic mass is 10.1. The first-order valence-corrected chi connectivity index (χ1v) is 3.70. The smallest absolute Gasteiger partial charge is 0.218 e. The third-order valence-corrected chi connectivity index (χ3v) is 1.39. The molecule has 0 aromatic rings. The zero-order valence-corrected chi connectivity index (χ0v) is 6.47. The number of hydrogen-bond donors (Lipinski definition) is 2. The molecule has 0 aromatic heterocycles. The van der Waals surface area contributed by atoms with Crippen molar-refractivity contribution >= 4 is 5.91 Å². The van der Waals surface area contributed by atoms with Crippen LogP contribution in [0.5, 0.6) is 0 Å². The van der Waals surface area contributed by atoms with Gasteiger partial charge < -0.3 is 11.5 Å². The Morgan fingerprint density at radius 1 is 1.60 bits per heavy atom. The fourth-order valence-electron chi connectivity index (χ4n) is 0.827. The van der Waals surface area contributed by atoms with Crippen LogP contribution in [0.25, 0.3) is 0 Å². The molecule has 0 fully saturated rings. The van der Waals surface area contributed by atoms with Crippen LogP contribution in [0.1, 0.15) is 32.6 Å². The highest BCUT2D eigenvalue weighted by Crippen LogP contribution is 2.00. The number of nitrogens with two attached hydrogens (primary N) is 2. The van der Waals surface area contributed by atoms with E-state index in [1.807, 2.05) is 0 Å². The summed E-state index contributed by atoms with van der Waals surface area (Å²) in [5.41, 5.74) is 10.5. The van der Waals surface area contributed by atoms with Gasteiger partial charge in [-0.2, -0.15) is 0 Å². The molecular weight excluding hydrogens is 128 g/mol. The standard InChI is InChI=1S/C7H16N2O/c1-2-3-4-6(8)5-7(9)10/h6H,2-5,8H2,1H3,(H2,9,10)/t6-/m0/s1. The largest absolute Gasteiger partial charge is 0.370 e. The highest BCUT2D eigenvalue weighted by Gasteiger charge is 2.04. The van der Waals surface area contributed by atoms with Gasteiger partial charge in [0.15, 0.2) is 0 Å². The minimum absolute atomic E-state index is 0.0301. The number of primary amides is 1. The summed E-state index contributed by atoms with van der Waals surface area (Å²) in [6, 6.07) is -0.0301. The predicted octanol–water partition coefficient (Wildman–Crippen LogP) is 0.379. The third-order valence-electron chi connectivity index (χ3n) is 1.39. The van der Waals surface area contributed by atoms with Gasteiger partial charge in [-0.3, -0.25) is 4.79 Å².